The third-order valence-corrected chi connectivity index (χ3v) is 4.44. The molecule has 98 valence electrons. The second-order valence-corrected chi connectivity index (χ2v) is 5.36. The summed E-state index contributed by atoms with van der Waals surface area (Å²) in [5.74, 6) is 0.776. The zero-order valence-electron chi connectivity index (χ0n) is 10.8. The molecule has 4 heteroatoms. The highest BCUT2D eigenvalue weighted by Crippen LogP contribution is 2.32. The summed E-state index contributed by atoms with van der Waals surface area (Å²) >= 11 is 0. The second-order valence-electron chi connectivity index (χ2n) is 5.36. The van der Waals surface area contributed by atoms with E-state index in [4.69, 9.17) is 5.73 Å². The summed E-state index contributed by atoms with van der Waals surface area (Å²) in [6.07, 6.45) is 7.20. The maximum atomic E-state index is 11.9. The minimum Gasteiger partial charge on any atom is -0.358 e. The van der Waals surface area contributed by atoms with E-state index in [0.29, 0.717) is 12.0 Å². The number of hydrogen-bond donors (Lipinski definition) is 2. The van der Waals surface area contributed by atoms with Crippen LogP contribution in [0.2, 0.25) is 0 Å². The highest BCUT2D eigenvalue weighted by molar-refractivity contribution is 5.81. The fraction of sp³-hybridized carbons (Fsp3) is 0.923. The molecule has 1 aliphatic carbocycles. The number of amides is 1. The molecule has 2 aliphatic rings. The monoisotopic (exact) mass is 239 g/mol. The minimum atomic E-state index is 0.0946. The molecule has 1 aliphatic heterocycles. The van der Waals surface area contributed by atoms with Gasteiger partial charge in [0.1, 0.15) is 0 Å². The Morgan fingerprint density at radius 3 is 2.76 bits per heavy atom. The molecule has 2 fully saturated rings. The molecule has 3 unspecified atom stereocenters. The van der Waals surface area contributed by atoms with Crippen LogP contribution >= 0.6 is 0 Å². The van der Waals surface area contributed by atoms with Crippen LogP contribution in [0.25, 0.3) is 0 Å². The van der Waals surface area contributed by atoms with Crippen LogP contribution < -0.4 is 11.1 Å². The third kappa shape index (κ3) is 2.63. The Labute approximate surface area is 104 Å². The summed E-state index contributed by atoms with van der Waals surface area (Å²) in [4.78, 5) is 14.3. The summed E-state index contributed by atoms with van der Waals surface area (Å²) in [7, 11) is 1.74. The summed E-state index contributed by atoms with van der Waals surface area (Å²) < 4.78 is 0. The maximum Gasteiger partial charge on any atom is 0.237 e. The predicted molar refractivity (Wildman–Crippen MR) is 68.6 cm³/mol. The minimum absolute atomic E-state index is 0.0946. The number of carbonyl (C=O) groups excluding carboxylic acids is 1. The molecule has 0 spiro atoms. The van der Waals surface area contributed by atoms with Gasteiger partial charge in [0, 0.05) is 13.1 Å². The molecule has 0 aromatic carbocycles. The Balaban J connectivity index is 2.05. The smallest absolute Gasteiger partial charge is 0.237 e. The molecule has 1 saturated carbocycles. The molecule has 1 heterocycles. The number of carbonyl (C=O) groups is 1. The van der Waals surface area contributed by atoms with Crippen LogP contribution in [0.4, 0.5) is 0 Å². The SMILES string of the molecule is CNC(=O)C1CCCN1C1CCCCC1CN. The summed E-state index contributed by atoms with van der Waals surface area (Å²) in [6.45, 7) is 1.83. The van der Waals surface area contributed by atoms with Crippen molar-refractivity contribution in [1.29, 1.82) is 0 Å². The Morgan fingerprint density at radius 2 is 2.06 bits per heavy atom. The molecule has 1 saturated heterocycles. The van der Waals surface area contributed by atoms with Crippen molar-refractivity contribution in [2.45, 2.75) is 50.6 Å². The normalized spacial score (nSPS) is 34.8. The van der Waals surface area contributed by atoms with E-state index in [2.05, 4.69) is 10.2 Å². The van der Waals surface area contributed by atoms with Crippen LogP contribution in [-0.2, 0) is 4.79 Å². The first kappa shape index (κ1) is 12.8. The number of likely N-dealkylation sites (N-methyl/N-ethyl adjacent to an activating group) is 1. The predicted octanol–water partition coefficient (Wildman–Crippen LogP) is 0.714. The third-order valence-electron chi connectivity index (χ3n) is 4.44. The second kappa shape index (κ2) is 5.83. The zero-order valence-corrected chi connectivity index (χ0v) is 10.8. The largest absolute Gasteiger partial charge is 0.358 e. The van der Waals surface area contributed by atoms with E-state index in [1.54, 1.807) is 7.05 Å². The van der Waals surface area contributed by atoms with E-state index in [1.165, 1.54) is 25.7 Å². The highest BCUT2D eigenvalue weighted by atomic mass is 16.2. The van der Waals surface area contributed by atoms with Gasteiger partial charge in [-0.3, -0.25) is 9.69 Å². The fourth-order valence-electron chi connectivity index (χ4n) is 3.53. The lowest BCUT2D eigenvalue weighted by Crippen LogP contribution is -2.51. The maximum absolute atomic E-state index is 11.9. The van der Waals surface area contributed by atoms with E-state index in [1.807, 2.05) is 0 Å². The van der Waals surface area contributed by atoms with Crippen LogP contribution in [0.15, 0.2) is 0 Å². The average Bonchev–Trinajstić information content (AvgIpc) is 2.86. The Kier molecular flexibility index (Phi) is 4.40. The number of rotatable bonds is 3. The molecule has 0 bridgehead atoms. The van der Waals surface area contributed by atoms with E-state index in [0.717, 1.165) is 25.9 Å². The Hall–Kier alpha value is -0.610. The molecule has 3 N–H and O–H groups in total. The quantitative estimate of drug-likeness (QED) is 0.763. The highest BCUT2D eigenvalue weighted by Gasteiger charge is 2.38. The first-order valence-electron chi connectivity index (χ1n) is 6.95. The van der Waals surface area contributed by atoms with Crippen molar-refractivity contribution >= 4 is 5.91 Å². The van der Waals surface area contributed by atoms with Crippen molar-refractivity contribution in [3.63, 3.8) is 0 Å². The molecule has 0 aromatic heterocycles. The molecule has 0 radical (unpaired) electrons. The van der Waals surface area contributed by atoms with Crippen LogP contribution in [0.3, 0.4) is 0 Å². The zero-order chi connectivity index (χ0) is 12.3. The van der Waals surface area contributed by atoms with E-state index in [9.17, 15) is 4.79 Å². The van der Waals surface area contributed by atoms with Gasteiger partial charge >= 0.3 is 0 Å². The molecule has 0 aromatic rings. The van der Waals surface area contributed by atoms with Crippen molar-refractivity contribution in [2.75, 3.05) is 20.1 Å². The van der Waals surface area contributed by atoms with Crippen LogP contribution in [0.1, 0.15) is 38.5 Å². The van der Waals surface area contributed by atoms with Crippen molar-refractivity contribution in [3.8, 4) is 0 Å². The van der Waals surface area contributed by atoms with E-state index >= 15 is 0 Å². The topological polar surface area (TPSA) is 58.4 Å². The van der Waals surface area contributed by atoms with Gasteiger partial charge in [-0.05, 0) is 44.7 Å². The first-order chi connectivity index (χ1) is 8.27. The van der Waals surface area contributed by atoms with Gasteiger partial charge in [0.15, 0.2) is 0 Å². The van der Waals surface area contributed by atoms with Crippen LogP contribution in [-0.4, -0.2) is 43.0 Å². The van der Waals surface area contributed by atoms with Crippen molar-refractivity contribution < 1.29 is 4.79 Å². The number of nitrogens with one attached hydrogen (secondary N) is 1. The van der Waals surface area contributed by atoms with Gasteiger partial charge in [0.25, 0.3) is 0 Å². The van der Waals surface area contributed by atoms with Crippen LogP contribution in [0, 0.1) is 5.92 Å². The van der Waals surface area contributed by atoms with Crippen LogP contribution in [0.5, 0.6) is 0 Å². The summed E-state index contributed by atoms with van der Waals surface area (Å²) in [5.41, 5.74) is 5.89. The molecule has 2 rings (SSSR count). The van der Waals surface area contributed by atoms with Gasteiger partial charge in [-0.25, -0.2) is 0 Å². The van der Waals surface area contributed by atoms with Gasteiger partial charge in [0.2, 0.25) is 5.91 Å². The Morgan fingerprint density at radius 1 is 1.29 bits per heavy atom. The Bertz CT molecular complexity index is 269. The molecule has 1 amide bonds. The average molecular weight is 239 g/mol. The number of likely N-dealkylation sites (tertiary alicyclic amines) is 1. The van der Waals surface area contributed by atoms with Crippen molar-refractivity contribution in [3.05, 3.63) is 0 Å². The molecule has 17 heavy (non-hydrogen) atoms. The van der Waals surface area contributed by atoms with E-state index in [-0.39, 0.29) is 11.9 Å². The molecular weight excluding hydrogens is 214 g/mol. The first-order valence-corrected chi connectivity index (χ1v) is 6.95. The van der Waals surface area contributed by atoms with Gasteiger partial charge in [-0.2, -0.15) is 0 Å². The lowest BCUT2D eigenvalue weighted by molar-refractivity contribution is -0.126. The van der Waals surface area contributed by atoms with Crippen molar-refractivity contribution in [1.82, 2.24) is 10.2 Å². The summed E-state index contributed by atoms with van der Waals surface area (Å²) in [6, 6.07) is 0.635. The molecular formula is C13H25N3O. The number of nitrogens with zero attached hydrogens (tertiary/aromatic N) is 1. The molecule has 3 atom stereocenters. The number of hydrogen-bond acceptors (Lipinski definition) is 3. The van der Waals surface area contributed by atoms with Gasteiger partial charge in [-0.15, -0.1) is 0 Å². The molecule has 4 nitrogen and oxygen atoms in total. The van der Waals surface area contributed by atoms with Crippen molar-refractivity contribution in [2.24, 2.45) is 11.7 Å². The standard InChI is InChI=1S/C13H25N3O/c1-15-13(17)12-7-4-8-16(12)11-6-3-2-5-10(11)9-14/h10-12H,2-9,14H2,1H3,(H,15,17). The van der Waals surface area contributed by atoms with Gasteiger partial charge in [0.05, 0.1) is 6.04 Å². The van der Waals surface area contributed by atoms with E-state index < -0.39 is 0 Å². The van der Waals surface area contributed by atoms with Gasteiger partial charge < -0.3 is 11.1 Å². The lowest BCUT2D eigenvalue weighted by atomic mass is 9.83. The summed E-state index contributed by atoms with van der Waals surface area (Å²) in [5, 5.41) is 2.80. The lowest BCUT2D eigenvalue weighted by Gasteiger charge is -2.40. The fourth-order valence-corrected chi connectivity index (χ4v) is 3.53. The van der Waals surface area contributed by atoms with Gasteiger partial charge in [-0.1, -0.05) is 12.8 Å². The number of nitrogens with two attached hydrogens (primary N) is 1.